The van der Waals surface area contributed by atoms with Gasteiger partial charge in [-0.15, -0.1) is 0 Å². The van der Waals surface area contributed by atoms with Crippen molar-refractivity contribution in [3.05, 3.63) is 0 Å². The summed E-state index contributed by atoms with van der Waals surface area (Å²) in [5.41, 5.74) is 3.32. The van der Waals surface area contributed by atoms with Crippen LogP contribution in [0.15, 0.2) is 0 Å². The summed E-state index contributed by atoms with van der Waals surface area (Å²) in [6, 6.07) is 0.168. The van der Waals surface area contributed by atoms with Crippen LogP contribution in [0.3, 0.4) is 0 Å². The minimum absolute atomic E-state index is 0.159. The fourth-order valence-corrected chi connectivity index (χ4v) is 0.434. The molecule has 0 radical (unpaired) electrons. The van der Waals surface area contributed by atoms with Gasteiger partial charge in [0.05, 0.1) is 5.41 Å². The van der Waals surface area contributed by atoms with Gasteiger partial charge in [0.2, 0.25) is 0 Å². The Bertz CT molecular complexity index is 136. The van der Waals surface area contributed by atoms with Crippen LogP contribution >= 0.6 is 0 Å². The first-order chi connectivity index (χ1) is 4.84. The van der Waals surface area contributed by atoms with E-state index in [1.54, 1.807) is 0 Å². The Morgan fingerprint density at radius 1 is 1.55 bits per heavy atom. The minimum atomic E-state index is -0.394. The molecule has 0 aliphatic rings. The lowest BCUT2D eigenvalue weighted by atomic mass is 9.97. The molecule has 1 atom stereocenters. The molecule has 0 rings (SSSR count). The van der Waals surface area contributed by atoms with Crippen molar-refractivity contribution in [1.82, 2.24) is 0 Å². The van der Waals surface area contributed by atoms with Gasteiger partial charge in [-0.1, -0.05) is 0 Å². The highest BCUT2D eigenvalue weighted by Gasteiger charge is 2.23. The molecular formula is C8H18NO2+. The average molecular weight is 160 g/mol. The molecule has 0 aromatic heterocycles. The van der Waals surface area contributed by atoms with Crippen LogP contribution in [0.2, 0.25) is 0 Å². The van der Waals surface area contributed by atoms with Crippen LogP contribution in [0.5, 0.6) is 0 Å². The Labute approximate surface area is 67.9 Å². The van der Waals surface area contributed by atoms with E-state index in [-0.39, 0.29) is 12.0 Å². The van der Waals surface area contributed by atoms with Gasteiger partial charge in [0.15, 0.2) is 0 Å². The highest BCUT2D eigenvalue weighted by Crippen LogP contribution is 2.14. The van der Waals surface area contributed by atoms with E-state index in [1.165, 1.54) is 0 Å². The summed E-state index contributed by atoms with van der Waals surface area (Å²) in [6.45, 7) is 7.83. The normalized spacial score (nSPS) is 14.3. The van der Waals surface area contributed by atoms with Crippen molar-refractivity contribution < 1.29 is 15.3 Å². The summed E-state index contributed by atoms with van der Waals surface area (Å²) in [7, 11) is 0. The number of hydrogen-bond donors (Lipinski definition) is 1. The van der Waals surface area contributed by atoms with Crippen molar-refractivity contribution in [3.8, 4) is 0 Å². The predicted octanol–water partition coefficient (Wildman–Crippen LogP) is 0.206. The largest absolute Gasteiger partial charge is 0.459 e. The highest BCUT2D eigenvalue weighted by molar-refractivity contribution is 5.75. The van der Waals surface area contributed by atoms with Crippen molar-refractivity contribution in [2.24, 2.45) is 5.41 Å². The molecule has 0 amide bonds. The maximum absolute atomic E-state index is 11.1. The topological polar surface area (TPSA) is 53.9 Å². The smallest absolute Gasteiger partial charge is 0.311 e. The lowest BCUT2D eigenvalue weighted by Crippen LogP contribution is -2.61. The van der Waals surface area contributed by atoms with E-state index in [2.05, 4.69) is 5.73 Å². The van der Waals surface area contributed by atoms with Gasteiger partial charge < -0.3 is 10.5 Å². The second kappa shape index (κ2) is 3.72. The van der Waals surface area contributed by atoms with Crippen LogP contribution in [0.25, 0.3) is 0 Å². The van der Waals surface area contributed by atoms with Gasteiger partial charge in [0.25, 0.3) is 0 Å². The van der Waals surface area contributed by atoms with E-state index in [9.17, 15) is 4.79 Å². The number of ether oxygens (including phenoxy) is 1. The Kier molecular flexibility index (Phi) is 3.52. The molecule has 0 spiro atoms. The first kappa shape index (κ1) is 10.4. The van der Waals surface area contributed by atoms with Gasteiger partial charge in [-0.3, -0.25) is 4.79 Å². The van der Waals surface area contributed by atoms with Crippen molar-refractivity contribution in [2.45, 2.75) is 33.7 Å². The lowest BCUT2D eigenvalue weighted by Gasteiger charge is -2.16. The molecule has 0 heterocycles. The quantitative estimate of drug-likeness (QED) is 0.587. The molecule has 3 nitrogen and oxygen atoms in total. The summed E-state index contributed by atoms with van der Waals surface area (Å²) < 4.78 is 4.97. The SMILES string of the molecule is CC([NH3+])COC(=O)C(C)(C)C. The van der Waals surface area contributed by atoms with Crippen LogP contribution in [0.4, 0.5) is 0 Å². The van der Waals surface area contributed by atoms with E-state index in [0.29, 0.717) is 6.61 Å². The van der Waals surface area contributed by atoms with Crippen LogP contribution in [-0.2, 0) is 9.53 Å². The van der Waals surface area contributed by atoms with Crippen LogP contribution in [0, 0.1) is 5.41 Å². The molecule has 0 aliphatic carbocycles. The zero-order valence-corrected chi connectivity index (χ0v) is 7.81. The molecule has 3 N–H and O–H groups in total. The number of quaternary nitrogens is 1. The summed E-state index contributed by atoms with van der Waals surface area (Å²) >= 11 is 0. The Hall–Kier alpha value is -0.570. The Balaban J connectivity index is 3.71. The summed E-state index contributed by atoms with van der Waals surface area (Å²) in [6.07, 6.45) is 0. The van der Waals surface area contributed by atoms with Gasteiger partial charge in [0, 0.05) is 0 Å². The molecule has 0 aromatic carbocycles. The van der Waals surface area contributed by atoms with Crippen LogP contribution in [-0.4, -0.2) is 18.6 Å². The van der Waals surface area contributed by atoms with Gasteiger partial charge in [-0.05, 0) is 27.7 Å². The van der Waals surface area contributed by atoms with E-state index in [1.807, 2.05) is 27.7 Å². The van der Waals surface area contributed by atoms with Gasteiger partial charge in [-0.2, -0.15) is 0 Å². The van der Waals surface area contributed by atoms with Crippen LogP contribution in [0.1, 0.15) is 27.7 Å². The van der Waals surface area contributed by atoms with Gasteiger partial charge in [0.1, 0.15) is 12.6 Å². The van der Waals surface area contributed by atoms with Gasteiger partial charge >= 0.3 is 5.97 Å². The number of hydrogen-bond acceptors (Lipinski definition) is 2. The molecule has 0 saturated carbocycles. The van der Waals surface area contributed by atoms with E-state index >= 15 is 0 Å². The van der Waals surface area contributed by atoms with E-state index in [0.717, 1.165) is 0 Å². The monoisotopic (exact) mass is 160 g/mol. The molecule has 1 unspecified atom stereocenters. The Morgan fingerprint density at radius 3 is 2.27 bits per heavy atom. The third kappa shape index (κ3) is 4.79. The van der Waals surface area contributed by atoms with E-state index < -0.39 is 5.41 Å². The lowest BCUT2D eigenvalue weighted by molar-refractivity contribution is -0.419. The molecule has 11 heavy (non-hydrogen) atoms. The number of carbonyl (C=O) groups is 1. The van der Waals surface area contributed by atoms with E-state index in [4.69, 9.17) is 4.74 Å². The average Bonchev–Trinajstić information content (AvgIpc) is 1.80. The predicted molar refractivity (Wildman–Crippen MR) is 42.8 cm³/mol. The zero-order chi connectivity index (χ0) is 9.07. The molecule has 0 bridgehead atoms. The molecule has 0 saturated heterocycles. The maximum Gasteiger partial charge on any atom is 0.311 e. The third-order valence-corrected chi connectivity index (χ3v) is 1.11. The molecule has 3 heteroatoms. The summed E-state index contributed by atoms with van der Waals surface area (Å²) in [5.74, 6) is -0.159. The Morgan fingerprint density at radius 2 is 2.00 bits per heavy atom. The zero-order valence-electron chi connectivity index (χ0n) is 7.81. The number of esters is 1. The highest BCUT2D eigenvalue weighted by atomic mass is 16.5. The summed E-state index contributed by atoms with van der Waals surface area (Å²) in [5, 5.41) is 0. The first-order valence-electron chi connectivity index (χ1n) is 3.84. The van der Waals surface area contributed by atoms with Crippen LogP contribution < -0.4 is 5.73 Å². The number of carbonyl (C=O) groups excluding carboxylic acids is 1. The van der Waals surface area contributed by atoms with Crippen molar-refractivity contribution in [3.63, 3.8) is 0 Å². The molecular weight excluding hydrogens is 142 g/mol. The first-order valence-corrected chi connectivity index (χ1v) is 3.84. The standard InChI is InChI=1S/C8H17NO2/c1-6(9)5-11-7(10)8(2,3)4/h6H,5,9H2,1-4H3/p+1. The van der Waals surface area contributed by atoms with Crippen molar-refractivity contribution in [2.75, 3.05) is 6.61 Å². The fourth-order valence-electron chi connectivity index (χ4n) is 0.434. The molecule has 66 valence electrons. The maximum atomic E-state index is 11.1. The third-order valence-electron chi connectivity index (χ3n) is 1.11. The summed E-state index contributed by atoms with van der Waals surface area (Å²) in [4.78, 5) is 11.1. The van der Waals surface area contributed by atoms with Crippen molar-refractivity contribution >= 4 is 5.97 Å². The van der Waals surface area contributed by atoms with Gasteiger partial charge in [-0.25, -0.2) is 0 Å². The second-order valence-electron chi connectivity index (χ2n) is 3.95. The molecule has 0 aliphatic heterocycles. The van der Waals surface area contributed by atoms with Crippen molar-refractivity contribution in [1.29, 1.82) is 0 Å². The number of rotatable bonds is 2. The second-order valence-corrected chi connectivity index (χ2v) is 3.95. The molecule has 0 aromatic rings. The minimum Gasteiger partial charge on any atom is -0.459 e. The molecule has 0 fully saturated rings. The fraction of sp³-hybridized carbons (Fsp3) is 0.875.